The number of hydrogen-bond donors (Lipinski definition) is 3. The summed E-state index contributed by atoms with van der Waals surface area (Å²) in [5.74, 6) is -2.29. The van der Waals surface area contributed by atoms with Gasteiger partial charge in [0.15, 0.2) is 0 Å². The zero-order valence-corrected chi connectivity index (χ0v) is 25.3. The number of nitrogens with one attached hydrogen (secondary N) is 2. The summed E-state index contributed by atoms with van der Waals surface area (Å²) in [4.78, 5) is 53.8. The molecule has 0 bridgehead atoms. The van der Waals surface area contributed by atoms with E-state index in [0.29, 0.717) is 28.3 Å². The lowest BCUT2D eigenvalue weighted by atomic mass is 10.0. The van der Waals surface area contributed by atoms with Crippen LogP contribution >= 0.6 is 11.8 Å². The van der Waals surface area contributed by atoms with Gasteiger partial charge in [-0.25, -0.2) is 4.79 Å². The summed E-state index contributed by atoms with van der Waals surface area (Å²) in [6.07, 6.45) is 0. The van der Waals surface area contributed by atoms with Gasteiger partial charge in [-0.05, 0) is 27.7 Å². The van der Waals surface area contributed by atoms with Crippen molar-refractivity contribution >= 4 is 35.5 Å². The molecule has 44 heavy (non-hydrogen) atoms. The minimum atomic E-state index is -1.21. The van der Waals surface area contributed by atoms with Crippen molar-refractivity contribution < 1.29 is 33.3 Å². The van der Waals surface area contributed by atoms with Crippen LogP contribution in [0.2, 0.25) is 0 Å². The molecule has 12 nitrogen and oxygen atoms in total. The van der Waals surface area contributed by atoms with Crippen LogP contribution in [0.1, 0.15) is 46.1 Å². The topological polar surface area (TPSA) is 168 Å². The smallest absolute Gasteiger partial charge is 0.327 e. The van der Waals surface area contributed by atoms with Crippen LogP contribution in [0, 0.1) is 13.8 Å². The van der Waals surface area contributed by atoms with E-state index in [0.717, 1.165) is 0 Å². The first-order chi connectivity index (χ1) is 21.0. The largest absolute Gasteiger partial charge is 0.480 e. The highest BCUT2D eigenvalue weighted by atomic mass is 32.2. The minimum Gasteiger partial charge on any atom is -0.480 e. The Labute approximate surface area is 257 Å². The molecule has 3 N–H and O–H groups in total. The summed E-state index contributed by atoms with van der Waals surface area (Å²) >= 11 is 1.25. The number of benzene rings is 2. The molecule has 2 aromatic heterocycles. The second-order valence-corrected chi connectivity index (χ2v) is 12.6. The van der Waals surface area contributed by atoms with Gasteiger partial charge in [-0.2, -0.15) is 0 Å². The number of amides is 3. The van der Waals surface area contributed by atoms with Crippen LogP contribution in [-0.4, -0.2) is 73.3 Å². The minimum absolute atomic E-state index is 0.0574. The predicted octanol–water partition coefficient (Wildman–Crippen LogP) is 3.91. The lowest BCUT2D eigenvalue weighted by molar-refractivity contribution is -0.150. The molecule has 5 rings (SSSR count). The Bertz CT molecular complexity index is 1700. The number of thioether (sulfide) groups is 1. The Morgan fingerprint density at radius 1 is 0.841 bits per heavy atom. The maximum absolute atomic E-state index is 13.6. The highest BCUT2D eigenvalue weighted by Crippen LogP contribution is 2.44. The van der Waals surface area contributed by atoms with Crippen molar-refractivity contribution in [3.63, 3.8) is 0 Å². The summed E-state index contributed by atoms with van der Waals surface area (Å²) in [7, 11) is 0. The van der Waals surface area contributed by atoms with Gasteiger partial charge < -0.3 is 29.7 Å². The van der Waals surface area contributed by atoms with E-state index in [-0.39, 0.29) is 23.4 Å². The fourth-order valence-corrected chi connectivity index (χ4v) is 6.87. The summed E-state index contributed by atoms with van der Waals surface area (Å²) in [6.45, 7) is 6.13. The third kappa shape index (κ3) is 5.95. The molecular formula is C31H31N5O7S. The molecule has 1 saturated heterocycles. The van der Waals surface area contributed by atoms with Gasteiger partial charge in [0, 0.05) is 22.4 Å². The van der Waals surface area contributed by atoms with Crippen LogP contribution < -0.4 is 10.6 Å². The zero-order valence-electron chi connectivity index (χ0n) is 24.5. The first-order valence-electron chi connectivity index (χ1n) is 13.8. The normalized spacial score (nSPS) is 17.3. The molecule has 228 valence electrons. The van der Waals surface area contributed by atoms with Crippen LogP contribution in [0.15, 0.2) is 69.7 Å². The molecule has 3 heterocycles. The van der Waals surface area contributed by atoms with Crippen LogP contribution in [0.4, 0.5) is 0 Å². The SMILES string of the molecule is Cc1onc(-c2ccccc2)c1C(=O)NCC(=O)N1C(CNC(=O)c2c(-c3ccccc3)noc2C)SC(C)(C)[C@@H]1C(=O)O. The Kier molecular flexibility index (Phi) is 8.59. The lowest BCUT2D eigenvalue weighted by Gasteiger charge is -2.30. The highest BCUT2D eigenvalue weighted by molar-refractivity contribution is 8.01. The third-order valence-corrected chi connectivity index (χ3v) is 8.82. The highest BCUT2D eigenvalue weighted by Gasteiger charge is 2.53. The monoisotopic (exact) mass is 617 g/mol. The van der Waals surface area contributed by atoms with Gasteiger partial charge in [0.1, 0.15) is 40.1 Å². The second kappa shape index (κ2) is 12.4. The Morgan fingerprint density at radius 2 is 1.32 bits per heavy atom. The molecular weight excluding hydrogens is 586 g/mol. The van der Waals surface area contributed by atoms with Crippen molar-refractivity contribution in [3.05, 3.63) is 83.3 Å². The third-order valence-electron chi connectivity index (χ3n) is 7.32. The van der Waals surface area contributed by atoms with Crippen LogP contribution in [-0.2, 0) is 9.59 Å². The van der Waals surface area contributed by atoms with Crippen molar-refractivity contribution in [1.29, 1.82) is 0 Å². The van der Waals surface area contributed by atoms with Crippen LogP contribution in [0.5, 0.6) is 0 Å². The molecule has 0 spiro atoms. The van der Waals surface area contributed by atoms with Gasteiger partial charge >= 0.3 is 5.97 Å². The van der Waals surface area contributed by atoms with E-state index < -0.39 is 46.4 Å². The van der Waals surface area contributed by atoms with Gasteiger partial charge in [-0.15, -0.1) is 11.8 Å². The molecule has 1 aliphatic rings. The number of carbonyl (C=O) groups is 4. The molecule has 3 amide bonds. The number of nitrogens with zero attached hydrogens (tertiary/aromatic N) is 3. The maximum atomic E-state index is 13.6. The maximum Gasteiger partial charge on any atom is 0.327 e. The number of carboxylic acid groups (broad SMARTS) is 1. The van der Waals surface area contributed by atoms with E-state index in [1.54, 1.807) is 64.1 Å². The number of aromatic nitrogens is 2. The van der Waals surface area contributed by atoms with Gasteiger partial charge in [0.05, 0.1) is 11.9 Å². The molecule has 13 heteroatoms. The summed E-state index contributed by atoms with van der Waals surface area (Å²) < 4.78 is 9.67. The Balaban J connectivity index is 1.33. The quantitative estimate of drug-likeness (QED) is 0.250. The van der Waals surface area contributed by atoms with Crippen molar-refractivity contribution in [2.45, 2.75) is 43.9 Å². The van der Waals surface area contributed by atoms with Crippen molar-refractivity contribution in [2.24, 2.45) is 0 Å². The van der Waals surface area contributed by atoms with E-state index in [1.807, 2.05) is 24.3 Å². The summed E-state index contributed by atoms with van der Waals surface area (Å²) in [5, 5.41) is 22.9. The van der Waals surface area contributed by atoms with E-state index >= 15 is 0 Å². The molecule has 4 aromatic rings. The number of aryl methyl sites for hydroxylation is 2. The van der Waals surface area contributed by atoms with Crippen molar-refractivity contribution in [3.8, 4) is 22.5 Å². The molecule has 1 aliphatic heterocycles. The average molecular weight is 618 g/mol. The van der Waals surface area contributed by atoms with E-state index in [2.05, 4.69) is 20.9 Å². The van der Waals surface area contributed by atoms with E-state index in [1.165, 1.54) is 16.7 Å². The van der Waals surface area contributed by atoms with Crippen molar-refractivity contribution in [2.75, 3.05) is 13.1 Å². The Morgan fingerprint density at radius 3 is 1.80 bits per heavy atom. The molecule has 0 radical (unpaired) electrons. The van der Waals surface area contributed by atoms with E-state index in [4.69, 9.17) is 9.05 Å². The predicted molar refractivity (Wildman–Crippen MR) is 162 cm³/mol. The average Bonchev–Trinajstić information content (AvgIpc) is 3.67. The zero-order chi connectivity index (χ0) is 31.6. The molecule has 1 unspecified atom stereocenters. The number of aliphatic carboxylic acids is 1. The molecule has 1 fully saturated rings. The molecule has 0 aliphatic carbocycles. The lowest BCUT2D eigenvalue weighted by Crippen LogP contribution is -2.54. The first kappa shape index (κ1) is 30.5. The standard InChI is InChI=1S/C31H31N5O7S/c1-17-23(25(34-42-17)19-11-7-5-8-12-19)28(38)32-15-21(37)36-22(44-31(3,4)27(36)30(40)41)16-33-29(39)24-18(2)43-35-26(24)20-13-9-6-10-14-20/h5-14,22,27H,15-16H2,1-4H3,(H,32,38)(H,33,39)(H,40,41)/t22?,27-/m0/s1. The molecule has 2 aromatic carbocycles. The number of rotatable bonds is 9. The molecule has 0 saturated carbocycles. The van der Waals surface area contributed by atoms with Crippen LogP contribution in [0.25, 0.3) is 22.5 Å². The fraction of sp³-hybridized carbons (Fsp3) is 0.290. The van der Waals surface area contributed by atoms with E-state index in [9.17, 15) is 24.3 Å². The van der Waals surface area contributed by atoms with Crippen LogP contribution in [0.3, 0.4) is 0 Å². The van der Waals surface area contributed by atoms with Crippen molar-refractivity contribution in [1.82, 2.24) is 25.8 Å². The van der Waals surface area contributed by atoms with Gasteiger partial charge in [0.25, 0.3) is 11.8 Å². The summed E-state index contributed by atoms with van der Waals surface area (Å²) in [6, 6.07) is 16.9. The van der Waals surface area contributed by atoms with Gasteiger partial charge in [0.2, 0.25) is 5.91 Å². The number of hydrogen-bond acceptors (Lipinski definition) is 9. The Hall–Kier alpha value is -4.91. The molecule has 2 atom stereocenters. The fourth-order valence-electron chi connectivity index (χ4n) is 5.30. The van der Waals surface area contributed by atoms with Gasteiger partial charge in [-0.1, -0.05) is 71.0 Å². The number of carboxylic acids is 1. The first-order valence-corrected chi connectivity index (χ1v) is 14.7. The van der Waals surface area contributed by atoms with Gasteiger partial charge in [-0.3, -0.25) is 14.4 Å². The number of carbonyl (C=O) groups excluding carboxylic acids is 3. The second-order valence-electron chi connectivity index (χ2n) is 10.8. The summed E-state index contributed by atoms with van der Waals surface area (Å²) in [5.41, 5.74) is 2.49.